The molecule has 4 rings (SSSR count). The van der Waals surface area contributed by atoms with Crippen LogP contribution in [0.2, 0.25) is 5.02 Å². The third kappa shape index (κ3) is 2.95. The molecule has 29 heavy (non-hydrogen) atoms. The second kappa shape index (κ2) is 7.12. The van der Waals surface area contributed by atoms with Gasteiger partial charge in [0.15, 0.2) is 0 Å². The zero-order valence-corrected chi connectivity index (χ0v) is 16.4. The molecule has 0 unspecified atom stereocenters. The molecule has 1 aliphatic carbocycles. The fourth-order valence-corrected chi connectivity index (χ4v) is 4.91. The number of hydrogen-bond donors (Lipinski definition) is 2. The molecule has 2 aromatic rings. The molecule has 2 fully saturated rings. The van der Waals surface area contributed by atoms with E-state index in [1.807, 2.05) is 6.07 Å². The maximum Gasteiger partial charge on any atom is 0.328 e. The SMILES string of the molecule is C[C@H]1C(=O)C[C@H](c2ccc(Cl)cc2)C2(C(=O)NC(=O)NC2=O)[C@@H]1c1ccccc1. The minimum absolute atomic E-state index is 0.0150. The van der Waals surface area contributed by atoms with Crippen molar-refractivity contribution in [1.82, 2.24) is 10.6 Å². The van der Waals surface area contributed by atoms with E-state index in [1.54, 1.807) is 55.5 Å². The molecule has 1 aliphatic heterocycles. The van der Waals surface area contributed by atoms with Gasteiger partial charge in [-0.3, -0.25) is 25.0 Å². The van der Waals surface area contributed by atoms with Crippen molar-refractivity contribution >= 4 is 35.2 Å². The van der Waals surface area contributed by atoms with Gasteiger partial charge >= 0.3 is 6.03 Å². The number of benzene rings is 2. The van der Waals surface area contributed by atoms with E-state index in [-0.39, 0.29) is 12.2 Å². The lowest BCUT2D eigenvalue weighted by Gasteiger charge is -2.50. The number of carbonyl (C=O) groups excluding carboxylic acids is 4. The van der Waals surface area contributed by atoms with E-state index in [2.05, 4.69) is 10.6 Å². The Hall–Kier alpha value is -2.99. The van der Waals surface area contributed by atoms with Gasteiger partial charge < -0.3 is 0 Å². The van der Waals surface area contributed by atoms with Gasteiger partial charge in [-0.15, -0.1) is 0 Å². The van der Waals surface area contributed by atoms with Gasteiger partial charge in [0.2, 0.25) is 11.8 Å². The number of halogens is 1. The van der Waals surface area contributed by atoms with E-state index in [9.17, 15) is 19.2 Å². The summed E-state index contributed by atoms with van der Waals surface area (Å²) in [5.74, 6) is -3.44. The zero-order valence-electron chi connectivity index (χ0n) is 15.6. The van der Waals surface area contributed by atoms with Gasteiger partial charge in [-0.2, -0.15) is 0 Å². The Morgan fingerprint density at radius 2 is 1.45 bits per heavy atom. The molecule has 2 aliphatic rings. The Morgan fingerprint density at radius 1 is 0.862 bits per heavy atom. The molecular formula is C22H19ClN2O4. The predicted octanol–water partition coefficient (Wildman–Crippen LogP) is 3.17. The highest BCUT2D eigenvalue weighted by Gasteiger charge is 2.65. The van der Waals surface area contributed by atoms with Crippen LogP contribution in [-0.4, -0.2) is 23.6 Å². The number of ketones is 1. The molecule has 3 atom stereocenters. The summed E-state index contributed by atoms with van der Waals surface area (Å²) >= 11 is 6.01. The highest BCUT2D eigenvalue weighted by molar-refractivity contribution is 6.30. The number of hydrogen-bond acceptors (Lipinski definition) is 4. The quantitative estimate of drug-likeness (QED) is 0.744. The van der Waals surface area contributed by atoms with E-state index in [1.165, 1.54) is 0 Å². The molecule has 2 aromatic carbocycles. The molecule has 0 radical (unpaired) electrons. The molecule has 1 saturated carbocycles. The Kier molecular flexibility index (Phi) is 4.74. The first-order chi connectivity index (χ1) is 13.9. The molecule has 148 valence electrons. The highest BCUT2D eigenvalue weighted by atomic mass is 35.5. The van der Waals surface area contributed by atoms with Crippen LogP contribution in [0.1, 0.15) is 36.3 Å². The molecule has 0 aromatic heterocycles. The van der Waals surface area contributed by atoms with Gasteiger partial charge in [-0.1, -0.05) is 61.0 Å². The van der Waals surface area contributed by atoms with Crippen molar-refractivity contribution in [2.24, 2.45) is 11.3 Å². The maximum atomic E-state index is 13.3. The van der Waals surface area contributed by atoms with Gasteiger partial charge in [0.1, 0.15) is 11.2 Å². The van der Waals surface area contributed by atoms with E-state index < -0.39 is 41.0 Å². The summed E-state index contributed by atoms with van der Waals surface area (Å²) in [5, 5.41) is 5.04. The topological polar surface area (TPSA) is 92.3 Å². The van der Waals surface area contributed by atoms with Crippen LogP contribution in [0, 0.1) is 11.3 Å². The standard InChI is InChI=1S/C22H19ClN2O4/c1-12-17(26)11-16(13-7-9-15(23)10-8-13)22(18(12)14-5-3-2-4-6-14)19(27)24-21(29)25-20(22)28/h2-10,12,16,18H,11H2,1H3,(H2,24,25,27,28,29)/t12-,16+,18-/m0/s1. The number of carbonyl (C=O) groups is 4. The number of amides is 4. The van der Waals surface area contributed by atoms with Crippen molar-refractivity contribution in [3.63, 3.8) is 0 Å². The Labute approximate surface area is 172 Å². The van der Waals surface area contributed by atoms with Crippen molar-refractivity contribution in [1.29, 1.82) is 0 Å². The lowest BCUT2D eigenvalue weighted by atomic mass is 9.51. The fraction of sp³-hybridized carbons (Fsp3) is 0.273. The Balaban J connectivity index is 1.98. The maximum absolute atomic E-state index is 13.3. The number of imide groups is 2. The van der Waals surface area contributed by atoms with Gasteiger partial charge in [0.25, 0.3) is 0 Å². The second-order valence-corrected chi connectivity index (χ2v) is 7.99. The minimum atomic E-state index is -1.64. The summed E-state index contributed by atoms with van der Waals surface area (Å²) in [6.07, 6.45) is 0.0150. The zero-order chi connectivity index (χ0) is 20.8. The van der Waals surface area contributed by atoms with Crippen LogP contribution in [-0.2, 0) is 14.4 Å². The summed E-state index contributed by atoms with van der Waals surface area (Å²) in [6, 6.07) is 14.9. The minimum Gasteiger partial charge on any atom is -0.299 e. The molecule has 6 nitrogen and oxygen atoms in total. The Morgan fingerprint density at radius 3 is 2.03 bits per heavy atom. The molecule has 4 amide bonds. The number of rotatable bonds is 2. The van der Waals surface area contributed by atoms with Gasteiger partial charge in [-0.25, -0.2) is 4.79 Å². The summed E-state index contributed by atoms with van der Waals surface area (Å²) < 4.78 is 0. The molecule has 1 saturated heterocycles. The van der Waals surface area contributed by atoms with Crippen molar-refractivity contribution in [3.05, 3.63) is 70.7 Å². The largest absolute Gasteiger partial charge is 0.328 e. The molecule has 2 N–H and O–H groups in total. The predicted molar refractivity (Wildman–Crippen MR) is 106 cm³/mol. The van der Waals surface area contributed by atoms with Crippen molar-refractivity contribution < 1.29 is 19.2 Å². The van der Waals surface area contributed by atoms with Crippen molar-refractivity contribution in [3.8, 4) is 0 Å². The lowest BCUT2D eigenvalue weighted by Crippen LogP contribution is -2.68. The lowest BCUT2D eigenvalue weighted by molar-refractivity contribution is -0.154. The fourth-order valence-electron chi connectivity index (χ4n) is 4.78. The van der Waals surface area contributed by atoms with Crippen LogP contribution < -0.4 is 10.6 Å². The number of barbiturate groups is 1. The third-order valence-electron chi connectivity index (χ3n) is 6.09. The summed E-state index contributed by atoms with van der Waals surface area (Å²) in [5.41, 5.74) is -0.293. The molecule has 0 bridgehead atoms. The van der Waals surface area contributed by atoms with Crippen molar-refractivity contribution in [2.75, 3.05) is 0 Å². The second-order valence-electron chi connectivity index (χ2n) is 7.56. The van der Waals surface area contributed by atoms with E-state index in [0.717, 1.165) is 0 Å². The van der Waals surface area contributed by atoms with E-state index in [0.29, 0.717) is 16.1 Å². The number of Topliss-reactive ketones (excluding diaryl/α,β-unsaturated/α-hetero) is 1. The smallest absolute Gasteiger partial charge is 0.299 e. The summed E-state index contributed by atoms with van der Waals surface area (Å²) in [4.78, 5) is 51.5. The van der Waals surface area contributed by atoms with Crippen LogP contribution in [0.3, 0.4) is 0 Å². The highest BCUT2D eigenvalue weighted by Crippen LogP contribution is 2.57. The number of nitrogens with one attached hydrogen (secondary N) is 2. The van der Waals surface area contributed by atoms with Crippen LogP contribution >= 0.6 is 11.6 Å². The van der Waals surface area contributed by atoms with Gasteiger partial charge in [0.05, 0.1) is 0 Å². The van der Waals surface area contributed by atoms with Crippen LogP contribution in [0.4, 0.5) is 4.79 Å². The third-order valence-corrected chi connectivity index (χ3v) is 6.34. The average Bonchev–Trinajstić information content (AvgIpc) is 2.69. The van der Waals surface area contributed by atoms with Crippen LogP contribution in [0.15, 0.2) is 54.6 Å². The first-order valence-corrected chi connectivity index (χ1v) is 9.73. The Bertz CT molecular complexity index is 983. The molecule has 1 heterocycles. The van der Waals surface area contributed by atoms with E-state index in [4.69, 9.17) is 11.6 Å². The van der Waals surface area contributed by atoms with Crippen LogP contribution in [0.5, 0.6) is 0 Å². The number of urea groups is 1. The van der Waals surface area contributed by atoms with Crippen molar-refractivity contribution in [2.45, 2.75) is 25.2 Å². The molecule has 1 spiro atoms. The first kappa shape index (κ1) is 19.3. The van der Waals surface area contributed by atoms with Gasteiger partial charge in [-0.05, 0) is 23.3 Å². The first-order valence-electron chi connectivity index (χ1n) is 9.35. The molecular weight excluding hydrogens is 392 g/mol. The molecule has 7 heteroatoms. The van der Waals surface area contributed by atoms with E-state index >= 15 is 0 Å². The monoisotopic (exact) mass is 410 g/mol. The normalized spacial score (nSPS) is 26.2. The van der Waals surface area contributed by atoms with Crippen LogP contribution in [0.25, 0.3) is 0 Å². The average molecular weight is 411 g/mol. The van der Waals surface area contributed by atoms with Gasteiger partial charge in [0, 0.05) is 29.2 Å². The summed E-state index contributed by atoms with van der Waals surface area (Å²) in [6.45, 7) is 1.73. The summed E-state index contributed by atoms with van der Waals surface area (Å²) in [7, 11) is 0.